The quantitative estimate of drug-likeness (QED) is 0.280. The molecule has 1 unspecified atom stereocenters. The molecule has 0 N–H and O–H groups in total. The number of benzene rings is 2. The second-order valence-electron chi connectivity index (χ2n) is 10.8. The molecule has 3 aromatic heterocycles. The standard InChI is InChI=1S/C30H30N2O/c1-17-12-25-23-8-6-19(3)32-29(23)33-28(25)26(13-17)27-22-9-7-20(14-24(22)18(2)16-31-27)21-10-11-30(4,5)15-21/h6-9,12-14,16,21H,10-11,15H2,1-5H3. The molecular weight excluding hydrogens is 404 g/mol. The van der Waals surface area contributed by atoms with Crippen molar-refractivity contribution < 1.29 is 4.42 Å². The van der Waals surface area contributed by atoms with Gasteiger partial charge >= 0.3 is 0 Å². The van der Waals surface area contributed by atoms with Crippen molar-refractivity contribution in [2.45, 2.75) is 59.8 Å². The van der Waals surface area contributed by atoms with Gasteiger partial charge in [0.15, 0.2) is 0 Å². The van der Waals surface area contributed by atoms with Crippen molar-refractivity contribution >= 4 is 32.8 Å². The van der Waals surface area contributed by atoms with Gasteiger partial charge in [-0.05, 0) is 97.7 Å². The zero-order valence-corrected chi connectivity index (χ0v) is 20.1. The molecule has 0 aliphatic heterocycles. The van der Waals surface area contributed by atoms with Gasteiger partial charge in [-0.15, -0.1) is 0 Å². The number of hydrogen-bond donors (Lipinski definition) is 0. The zero-order valence-electron chi connectivity index (χ0n) is 20.1. The molecular formula is C30H30N2O. The Morgan fingerprint density at radius 2 is 1.73 bits per heavy atom. The van der Waals surface area contributed by atoms with Gasteiger partial charge in [0.05, 0.1) is 5.69 Å². The third-order valence-electron chi connectivity index (χ3n) is 7.53. The van der Waals surface area contributed by atoms with E-state index in [1.54, 1.807) is 0 Å². The molecule has 166 valence electrons. The van der Waals surface area contributed by atoms with E-state index in [0.29, 0.717) is 17.0 Å². The Morgan fingerprint density at radius 3 is 2.52 bits per heavy atom. The fourth-order valence-electron chi connectivity index (χ4n) is 5.76. The first-order valence-corrected chi connectivity index (χ1v) is 12.0. The summed E-state index contributed by atoms with van der Waals surface area (Å²) >= 11 is 0. The molecule has 5 aromatic rings. The first-order valence-electron chi connectivity index (χ1n) is 12.0. The Labute approximate surface area is 194 Å². The topological polar surface area (TPSA) is 38.9 Å². The molecule has 0 spiro atoms. The average molecular weight is 435 g/mol. The molecule has 1 aliphatic carbocycles. The molecule has 3 heterocycles. The van der Waals surface area contributed by atoms with Crippen LogP contribution in [0.15, 0.2) is 53.1 Å². The van der Waals surface area contributed by atoms with Gasteiger partial charge in [0.2, 0.25) is 5.71 Å². The minimum atomic E-state index is 0.443. The summed E-state index contributed by atoms with van der Waals surface area (Å²) in [6.45, 7) is 11.1. The maximum atomic E-state index is 6.33. The van der Waals surface area contributed by atoms with Crippen molar-refractivity contribution in [3.63, 3.8) is 0 Å². The first kappa shape index (κ1) is 20.4. The van der Waals surface area contributed by atoms with Crippen molar-refractivity contribution in [3.05, 3.63) is 71.0 Å². The third kappa shape index (κ3) is 3.33. The molecule has 1 aliphatic rings. The van der Waals surface area contributed by atoms with Crippen LogP contribution in [-0.4, -0.2) is 9.97 Å². The van der Waals surface area contributed by atoms with Gasteiger partial charge in [0.1, 0.15) is 5.58 Å². The summed E-state index contributed by atoms with van der Waals surface area (Å²) in [5, 5.41) is 4.64. The maximum absolute atomic E-state index is 6.33. The van der Waals surface area contributed by atoms with E-state index in [0.717, 1.165) is 33.3 Å². The number of fused-ring (bicyclic) bond motifs is 4. The molecule has 0 amide bonds. The van der Waals surface area contributed by atoms with Crippen LogP contribution in [-0.2, 0) is 0 Å². The van der Waals surface area contributed by atoms with E-state index in [1.807, 2.05) is 19.2 Å². The number of pyridine rings is 2. The van der Waals surface area contributed by atoms with Crippen molar-refractivity contribution in [2.75, 3.05) is 0 Å². The summed E-state index contributed by atoms with van der Waals surface area (Å²) in [6, 6.07) is 15.6. The van der Waals surface area contributed by atoms with Crippen molar-refractivity contribution in [1.29, 1.82) is 0 Å². The van der Waals surface area contributed by atoms with Gasteiger partial charge < -0.3 is 4.42 Å². The first-order chi connectivity index (χ1) is 15.8. The SMILES string of the molecule is Cc1cc(-c2ncc(C)c3cc(C4CCC(C)(C)C4)ccc23)c2oc3nc(C)ccc3c2c1. The minimum absolute atomic E-state index is 0.443. The fraction of sp³-hybridized carbons (Fsp3) is 0.333. The third-order valence-corrected chi connectivity index (χ3v) is 7.53. The van der Waals surface area contributed by atoms with E-state index in [-0.39, 0.29) is 0 Å². The highest BCUT2D eigenvalue weighted by atomic mass is 16.3. The van der Waals surface area contributed by atoms with Crippen LogP contribution in [0.2, 0.25) is 0 Å². The number of aryl methyl sites for hydroxylation is 3. The van der Waals surface area contributed by atoms with Crippen LogP contribution in [0.3, 0.4) is 0 Å². The average Bonchev–Trinajstić information content (AvgIpc) is 3.32. The lowest BCUT2D eigenvalue weighted by Crippen LogP contribution is -2.04. The molecule has 33 heavy (non-hydrogen) atoms. The van der Waals surface area contributed by atoms with E-state index in [9.17, 15) is 0 Å². The highest BCUT2D eigenvalue weighted by Crippen LogP contribution is 2.47. The Bertz CT molecular complexity index is 1560. The maximum Gasteiger partial charge on any atom is 0.227 e. The predicted octanol–water partition coefficient (Wildman–Crippen LogP) is 8.42. The van der Waals surface area contributed by atoms with Crippen LogP contribution in [0.1, 0.15) is 61.4 Å². The van der Waals surface area contributed by atoms with Gasteiger partial charge in [0, 0.05) is 33.6 Å². The summed E-state index contributed by atoms with van der Waals surface area (Å²) in [5.74, 6) is 0.649. The van der Waals surface area contributed by atoms with Gasteiger partial charge in [-0.3, -0.25) is 4.98 Å². The number of furan rings is 1. The summed E-state index contributed by atoms with van der Waals surface area (Å²) < 4.78 is 6.33. The second-order valence-corrected chi connectivity index (χ2v) is 10.8. The fourth-order valence-corrected chi connectivity index (χ4v) is 5.76. The summed E-state index contributed by atoms with van der Waals surface area (Å²) in [5.41, 5.74) is 8.87. The molecule has 2 aromatic carbocycles. The van der Waals surface area contributed by atoms with Gasteiger partial charge in [0.25, 0.3) is 0 Å². The molecule has 3 heteroatoms. The van der Waals surface area contributed by atoms with Crippen LogP contribution < -0.4 is 0 Å². The molecule has 6 rings (SSSR count). The van der Waals surface area contributed by atoms with Crippen LogP contribution >= 0.6 is 0 Å². The van der Waals surface area contributed by atoms with E-state index < -0.39 is 0 Å². The Balaban J connectivity index is 1.57. The number of aromatic nitrogens is 2. The van der Waals surface area contributed by atoms with Gasteiger partial charge in [-0.1, -0.05) is 32.0 Å². The van der Waals surface area contributed by atoms with E-state index in [4.69, 9.17) is 9.40 Å². The highest BCUT2D eigenvalue weighted by Gasteiger charge is 2.32. The van der Waals surface area contributed by atoms with E-state index in [2.05, 4.69) is 69.1 Å². The van der Waals surface area contributed by atoms with Crippen LogP contribution in [0.5, 0.6) is 0 Å². The lowest BCUT2D eigenvalue weighted by Gasteiger charge is -2.18. The second kappa shape index (κ2) is 7.15. The largest absolute Gasteiger partial charge is 0.437 e. The molecule has 1 fully saturated rings. The number of rotatable bonds is 2. The monoisotopic (exact) mass is 434 g/mol. The minimum Gasteiger partial charge on any atom is -0.437 e. The van der Waals surface area contributed by atoms with Crippen molar-refractivity contribution in [2.24, 2.45) is 5.41 Å². The molecule has 0 radical (unpaired) electrons. The molecule has 1 atom stereocenters. The Kier molecular flexibility index (Phi) is 4.42. The number of nitrogens with zero attached hydrogens (tertiary/aromatic N) is 2. The van der Waals surface area contributed by atoms with Crippen LogP contribution in [0, 0.1) is 26.2 Å². The Hall–Kier alpha value is -3.20. The smallest absolute Gasteiger partial charge is 0.227 e. The van der Waals surface area contributed by atoms with E-state index in [1.165, 1.54) is 46.7 Å². The molecule has 1 saturated carbocycles. The van der Waals surface area contributed by atoms with Gasteiger partial charge in [-0.25, -0.2) is 4.98 Å². The normalized spacial score (nSPS) is 18.0. The summed E-state index contributed by atoms with van der Waals surface area (Å²) in [4.78, 5) is 9.56. The van der Waals surface area contributed by atoms with Crippen molar-refractivity contribution in [1.82, 2.24) is 9.97 Å². The predicted molar refractivity (Wildman–Crippen MR) is 137 cm³/mol. The molecule has 0 saturated heterocycles. The van der Waals surface area contributed by atoms with Gasteiger partial charge in [-0.2, -0.15) is 0 Å². The number of hydrogen-bond acceptors (Lipinski definition) is 3. The highest BCUT2D eigenvalue weighted by molar-refractivity contribution is 6.11. The molecule has 3 nitrogen and oxygen atoms in total. The summed E-state index contributed by atoms with van der Waals surface area (Å²) in [6.07, 6.45) is 5.86. The zero-order chi connectivity index (χ0) is 22.9. The van der Waals surface area contributed by atoms with Crippen molar-refractivity contribution in [3.8, 4) is 11.3 Å². The molecule has 0 bridgehead atoms. The van der Waals surface area contributed by atoms with Crippen LogP contribution in [0.4, 0.5) is 0 Å². The van der Waals surface area contributed by atoms with E-state index >= 15 is 0 Å². The lowest BCUT2D eigenvalue weighted by molar-refractivity contribution is 0.376. The lowest BCUT2D eigenvalue weighted by atomic mass is 9.87. The Morgan fingerprint density at radius 1 is 0.909 bits per heavy atom. The van der Waals surface area contributed by atoms with Crippen LogP contribution in [0.25, 0.3) is 44.1 Å². The summed E-state index contributed by atoms with van der Waals surface area (Å²) in [7, 11) is 0.